The molecule has 0 rings (SSSR count). The molecule has 0 spiro atoms. The number of aliphatic hydroxyl groups is 1. The molecule has 1 atom stereocenters. The molecule has 0 heterocycles. The lowest BCUT2D eigenvalue weighted by Gasteiger charge is -2.20. The monoisotopic (exact) mass is 552 g/mol. The topological polar surface area (TPSA) is 207 Å². The van der Waals surface area contributed by atoms with E-state index in [-0.39, 0.29) is 65.1 Å². The van der Waals surface area contributed by atoms with E-state index >= 15 is 0 Å². The summed E-state index contributed by atoms with van der Waals surface area (Å²) in [5, 5.41) is 42.2. The van der Waals surface area contributed by atoms with Crippen LogP contribution < -0.4 is 10.6 Å². The number of ether oxygens (including phenoxy) is 3. The van der Waals surface area contributed by atoms with Gasteiger partial charge in [0.25, 0.3) is 0 Å². The van der Waals surface area contributed by atoms with E-state index in [0.717, 1.165) is 12.8 Å². The average Bonchev–Trinajstić information content (AvgIpc) is 2.82. The van der Waals surface area contributed by atoms with Crippen LogP contribution in [-0.4, -0.2) is 159 Å². The SMILES string of the molecule is CCCCOCC(O)CNCCNC(=O)CN(CCOCCOCCN(CC(=O)O)CC(=O)O)CC(=O)O. The van der Waals surface area contributed by atoms with Crippen LogP contribution in [0.5, 0.6) is 0 Å². The third-order valence-electron chi connectivity index (χ3n) is 4.88. The molecule has 0 aromatic heterocycles. The molecular weight excluding hydrogens is 508 g/mol. The quantitative estimate of drug-likeness (QED) is 0.0596. The van der Waals surface area contributed by atoms with Gasteiger partial charge in [-0.2, -0.15) is 0 Å². The van der Waals surface area contributed by atoms with Crippen LogP contribution in [0.2, 0.25) is 0 Å². The fourth-order valence-electron chi connectivity index (χ4n) is 3.05. The largest absolute Gasteiger partial charge is 0.480 e. The van der Waals surface area contributed by atoms with Gasteiger partial charge < -0.3 is 45.3 Å². The van der Waals surface area contributed by atoms with Gasteiger partial charge >= 0.3 is 17.9 Å². The van der Waals surface area contributed by atoms with Gasteiger partial charge in [-0.25, -0.2) is 0 Å². The summed E-state index contributed by atoms with van der Waals surface area (Å²) in [5.41, 5.74) is 0. The van der Waals surface area contributed by atoms with Crippen molar-refractivity contribution in [2.45, 2.75) is 25.9 Å². The Balaban J connectivity index is 4.00. The molecule has 0 fully saturated rings. The molecule has 0 radical (unpaired) electrons. The van der Waals surface area contributed by atoms with E-state index in [0.29, 0.717) is 26.2 Å². The second-order valence-electron chi connectivity index (χ2n) is 8.46. The highest BCUT2D eigenvalue weighted by atomic mass is 16.5. The molecule has 6 N–H and O–H groups in total. The molecule has 0 saturated heterocycles. The molecule has 0 saturated carbocycles. The van der Waals surface area contributed by atoms with Gasteiger partial charge in [0, 0.05) is 39.3 Å². The van der Waals surface area contributed by atoms with Crippen LogP contribution in [-0.2, 0) is 33.4 Å². The first-order valence-corrected chi connectivity index (χ1v) is 12.6. The number of rotatable bonds is 27. The van der Waals surface area contributed by atoms with Gasteiger partial charge in [-0.1, -0.05) is 13.3 Å². The predicted molar refractivity (Wildman–Crippen MR) is 135 cm³/mol. The zero-order valence-corrected chi connectivity index (χ0v) is 22.1. The van der Waals surface area contributed by atoms with Crippen molar-refractivity contribution < 1.29 is 53.8 Å². The van der Waals surface area contributed by atoms with Gasteiger partial charge in [-0.15, -0.1) is 0 Å². The van der Waals surface area contributed by atoms with Crippen LogP contribution in [0, 0.1) is 0 Å². The molecule has 0 bridgehead atoms. The van der Waals surface area contributed by atoms with Crippen molar-refractivity contribution in [2.24, 2.45) is 0 Å². The molecular formula is C23H44N4O11. The molecule has 38 heavy (non-hydrogen) atoms. The highest BCUT2D eigenvalue weighted by Gasteiger charge is 2.15. The molecule has 15 nitrogen and oxygen atoms in total. The number of unbranched alkanes of at least 4 members (excludes halogenated alkanes) is 1. The maximum atomic E-state index is 12.1. The van der Waals surface area contributed by atoms with E-state index in [4.69, 9.17) is 29.5 Å². The summed E-state index contributed by atoms with van der Waals surface area (Å²) in [6, 6.07) is 0. The summed E-state index contributed by atoms with van der Waals surface area (Å²) in [7, 11) is 0. The van der Waals surface area contributed by atoms with Crippen LogP contribution in [0.1, 0.15) is 19.8 Å². The summed E-state index contributed by atoms with van der Waals surface area (Å²) < 4.78 is 16.1. The van der Waals surface area contributed by atoms with Crippen molar-refractivity contribution >= 4 is 23.8 Å². The Kier molecular flexibility index (Phi) is 22.2. The molecule has 0 aliphatic carbocycles. The highest BCUT2D eigenvalue weighted by Crippen LogP contribution is 1.93. The smallest absolute Gasteiger partial charge is 0.317 e. The minimum Gasteiger partial charge on any atom is -0.480 e. The minimum atomic E-state index is -1.13. The van der Waals surface area contributed by atoms with Gasteiger partial charge in [0.2, 0.25) is 5.91 Å². The third-order valence-corrected chi connectivity index (χ3v) is 4.88. The van der Waals surface area contributed by atoms with E-state index in [1.165, 1.54) is 9.80 Å². The minimum absolute atomic E-state index is 0.121. The van der Waals surface area contributed by atoms with Gasteiger partial charge in [-0.3, -0.25) is 29.0 Å². The lowest BCUT2D eigenvalue weighted by Crippen LogP contribution is -2.43. The summed E-state index contributed by atoms with van der Waals surface area (Å²) in [6.45, 7) is 3.70. The Morgan fingerprint density at radius 1 is 0.737 bits per heavy atom. The van der Waals surface area contributed by atoms with Crippen LogP contribution in [0.3, 0.4) is 0 Å². The van der Waals surface area contributed by atoms with Gasteiger partial charge in [0.15, 0.2) is 0 Å². The van der Waals surface area contributed by atoms with Crippen LogP contribution >= 0.6 is 0 Å². The van der Waals surface area contributed by atoms with E-state index in [1.807, 2.05) is 0 Å². The number of nitrogens with zero attached hydrogens (tertiary/aromatic N) is 2. The molecule has 0 aromatic rings. The first kappa shape index (κ1) is 35.6. The molecule has 1 unspecified atom stereocenters. The lowest BCUT2D eigenvalue weighted by molar-refractivity contribution is -0.142. The number of aliphatic hydroxyl groups excluding tert-OH is 1. The standard InChI is InChI=1S/C23H44N4O11/c1-2-3-8-38-18-19(28)13-24-4-5-25-20(29)14-26(15-21(30)31)6-9-36-11-12-37-10-7-27(16-22(32)33)17-23(34)35/h19,24,28H,2-18H2,1H3,(H,25,29)(H,30,31)(H,32,33)(H,34,35). The number of carboxylic acids is 3. The van der Waals surface area contributed by atoms with Crippen LogP contribution in [0.25, 0.3) is 0 Å². The summed E-state index contributed by atoms with van der Waals surface area (Å²) >= 11 is 0. The fourth-order valence-corrected chi connectivity index (χ4v) is 3.05. The van der Waals surface area contributed by atoms with Crippen molar-refractivity contribution in [3.05, 3.63) is 0 Å². The van der Waals surface area contributed by atoms with Gasteiger partial charge in [0.1, 0.15) is 0 Å². The number of carboxylic acid groups (broad SMARTS) is 3. The Hall–Kier alpha value is -2.40. The summed E-state index contributed by atoms with van der Waals surface area (Å²) in [6.07, 6.45) is 1.33. The Bertz CT molecular complexity index is 653. The molecule has 1 amide bonds. The molecule has 15 heteroatoms. The Morgan fingerprint density at radius 2 is 1.26 bits per heavy atom. The maximum absolute atomic E-state index is 12.1. The number of amides is 1. The second-order valence-corrected chi connectivity index (χ2v) is 8.46. The molecule has 0 aliphatic rings. The second kappa shape index (κ2) is 23.7. The number of carbonyl (C=O) groups is 4. The first-order valence-electron chi connectivity index (χ1n) is 12.6. The van der Waals surface area contributed by atoms with Crippen molar-refractivity contribution in [1.29, 1.82) is 0 Å². The number of hydrogen-bond acceptors (Lipinski definition) is 11. The van der Waals surface area contributed by atoms with E-state index in [2.05, 4.69) is 17.6 Å². The van der Waals surface area contributed by atoms with Crippen LogP contribution in [0.15, 0.2) is 0 Å². The number of carbonyl (C=O) groups excluding carboxylic acids is 1. The van der Waals surface area contributed by atoms with Gasteiger partial charge in [-0.05, 0) is 6.42 Å². The number of nitrogens with one attached hydrogen (secondary N) is 2. The highest BCUT2D eigenvalue weighted by molar-refractivity contribution is 5.79. The summed E-state index contributed by atoms with van der Waals surface area (Å²) in [5.74, 6) is -3.69. The molecule has 0 aliphatic heterocycles. The van der Waals surface area contributed by atoms with E-state index < -0.39 is 37.1 Å². The third kappa shape index (κ3) is 24.0. The Labute approximate surface area is 223 Å². The zero-order chi connectivity index (χ0) is 28.6. The zero-order valence-electron chi connectivity index (χ0n) is 22.1. The number of aliphatic carboxylic acids is 3. The molecule has 0 aromatic carbocycles. The van der Waals surface area contributed by atoms with Crippen molar-refractivity contribution in [1.82, 2.24) is 20.4 Å². The normalized spacial score (nSPS) is 12.1. The lowest BCUT2D eigenvalue weighted by atomic mass is 10.3. The average molecular weight is 553 g/mol. The van der Waals surface area contributed by atoms with E-state index in [1.54, 1.807) is 0 Å². The maximum Gasteiger partial charge on any atom is 0.317 e. The predicted octanol–water partition coefficient (Wildman–Crippen LogP) is -2.24. The fraction of sp³-hybridized carbons (Fsp3) is 0.826. The summed E-state index contributed by atoms with van der Waals surface area (Å²) in [4.78, 5) is 47.4. The van der Waals surface area contributed by atoms with Crippen molar-refractivity contribution in [3.63, 3.8) is 0 Å². The van der Waals surface area contributed by atoms with Gasteiger partial charge in [0.05, 0.1) is 65.3 Å². The Morgan fingerprint density at radius 3 is 1.76 bits per heavy atom. The van der Waals surface area contributed by atoms with E-state index in [9.17, 15) is 24.3 Å². The van der Waals surface area contributed by atoms with Crippen molar-refractivity contribution in [2.75, 3.05) is 98.5 Å². The van der Waals surface area contributed by atoms with Crippen LogP contribution in [0.4, 0.5) is 0 Å². The van der Waals surface area contributed by atoms with Crippen molar-refractivity contribution in [3.8, 4) is 0 Å². The molecule has 222 valence electrons. The number of hydrogen-bond donors (Lipinski definition) is 6. The first-order chi connectivity index (χ1) is 18.1.